The predicted octanol–water partition coefficient (Wildman–Crippen LogP) is 1.80. The van der Waals surface area contributed by atoms with Crippen molar-refractivity contribution >= 4 is 17.8 Å². The van der Waals surface area contributed by atoms with Crippen molar-refractivity contribution in [2.45, 2.75) is 19.4 Å². The molecule has 9 nitrogen and oxygen atoms in total. The van der Waals surface area contributed by atoms with Crippen LogP contribution < -0.4 is 5.32 Å². The zero-order valence-corrected chi connectivity index (χ0v) is 13.3. The number of hydrogen-bond acceptors (Lipinski definition) is 7. The fraction of sp³-hybridized carbons (Fsp3) is 0.250. The highest BCUT2D eigenvalue weighted by Gasteiger charge is 2.25. The molecule has 2 rings (SSSR count). The van der Waals surface area contributed by atoms with Crippen molar-refractivity contribution in [2.75, 3.05) is 6.61 Å². The molecule has 1 heterocycles. The van der Waals surface area contributed by atoms with Crippen molar-refractivity contribution in [1.29, 1.82) is 0 Å². The van der Waals surface area contributed by atoms with Gasteiger partial charge in [0, 0.05) is 6.42 Å². The summed E-state index contributed by atoms with van der Waals surface area (Å²) in [6.07, 6.45) is 0.119. The summed E-state index contributed by atoms with van der Waals surface area (Å²) in [5.41, 5.74) is 0.682. The first-order chi connectivity index (χ1) is 11.9. The van der Waals surface area contributed by atoms with Gasteiger partial charge in [-0.25, -0.2) is 4.79 Å². The Morgan fingerprint density at radius 3 is 2.52 bits per heavy atom. The number of phenolic OH excluding ortho intramolecular Hbond substituents is 1. The Kier molecular flexibility index (Phi) is 5.72. The number of benzene rings is 1. The highest BCUT2D eigenvalue weighted by atomic mass is 16.6. The van der Waals surface area contributed by atoms with Gasteiger partial charge < -0.3 is 19.6 Å². The van der Waals surface area contributed by atoms with Crippen LogP contribution in [-0.2, 0) is 16.0 Å². The molecule has 25 heavy (non-hydrogen) atoms. The van der Waals surface area contributed by atoms with E-state index >= 15 is 0 Å². The molecule has 9 heteroatoms. The summed E-state index contributed by atoms with van der Waals surface area (Å²) in [4.78, 5) is 34.1. The molecule has 0 bridgehead atoms. The lowest BCUT2D eigenvalue weighted by molar-refractivity contribution is -0.402. The van der Waals surface area contributed by atoms with Crippen LogP contribution in [-0.4, -0.2) is 34.6 Å². The van der Waals surface area contributed by atoms with Crippen molar-refractivity contribution in [2.24, 2.45) is 0 Å². The molecule has 0 radical (unpaired) electrons. The molecule has 0 aliphatic rings. The molecule has 1 aromatic heterocycles. The Morgan fingerprint density at radius 1 is 1.28 bits per heavy atom. The average Bonchev–Trinajstić information content (AvgIpc) is 3.07. The number of rotatable bonds is 7. The average molecular weight is 348 g/mol. The normalized spacial score (nSPS) is 11.6. The molecule has 2 aromatic rings. The number of nitro groups is 1. The van der Waals surface area contributed by atoms with E-state index in [1.54, 1.807) is 19.1 Å². The molecule has 1 aromatic carbocycles. The maximum Gasteiger partial charge on any atom is 0.433 e. The Hall–Kier alpha value is -3.36. The fourth-order valence-corrected chi connectivity index (χ4v) is 2.08. The molecular weight excluding hydrogens is 332 g/mol. The van der Waals surface area contributed by atoms with Crippen LogP contribution in [0.4, 0.5) is 5.88 Å². The molecular formula is C16H16N2O7. The second-order valence-corrected chi connectivity index (χ2v) is 5.04. The molecule has 0 saturated carbocycles. The molecule has 0 unspecified atom stereocenters. The smallest absolute Gasteiger partial charge is 0.433 e. The molecule has 1 atom stereocenters. The van der Waals surface area contributed by atoms with Gasteiger partial charge in [0.25, 0.3) is 5.91 Å². The first kappa shape index (κ1) is 18.0. The van der Waals surface area contributed by atoms with Crippen LogP contribution >= 0.6 is 0 Å². The zero-order chi connectivity index (χ0) is 18.4. The quantitative estimate of drug-likeness (QED) is 0.443. The van der Waals surface area contributed by atoms with Gasteiger partial charge in [-0.05, 0) is 30.7 Å². The number of ether oxygens (including phenoxy) is 1. The predicted molar refractivity (Wildman–Crippen MR) is 85.1 cm³/mol. The van der Waals surface area contributed by atoms with Crippen molar-refractivity contribution in [1.82, 2.24) is 5.32 Å². The lowest BCUT2D eigenvalue weighted by Gasteiger charge is -2.16. The summed E-state index contributed by atoms with van der Waals surface area (Å²) in [5, 5.41) is 22.3. The van der Waals surface area contributed by atoms with E-state index in [0.29, 0.717) is 5.56 Å². The third-order valence-electron chi connectivity index (χ3n) is 3.25. The van der Waals surface area contributed by atoms with Gasteiger partial charge >= 0.3 is 11.9 Å². The number of hydrogen-bond donors (Lipinski definition) is 2. The largest absolute Gasteiger partial charge is 0.508 e. The summed E-state index contributed by atoms with van der Waals surface area (Å²) >= 11 is 0. The van der Waals surface area contributed by atoms with E-state index in [1.165, 1.54) is 12.1 Å². The first-order valence-electron chi connectivity index (χ1n) is 7.40. The summed E-state index contributed by atoms with van der Waals surface area (Å²) in [6, 6.07) is 7.30. The molecule has 0 aliphatic carbocycles. The Balaban J connectivity index is 2.14. The molecule has 1 amide bonds. The van der Waals surface area contributed by atoms with Crippen LogP contribution in [0.1, 0.15) is 23.0 Å². The van der Waals surface area contributed by atoms with E-state index in [4.69, 9.17) is 9.15 Å². The van der Waals surface area contributed by atoms with E-state index in [9.17, 15) is 24.8 Å². The first-order valence-corrected chi connectivity index (χ1v) is 7.40. The number of phenols is 1. The van der Waals surface area contributed by atoms with Crippen LogP contribution in [0.15, 0.2) is 40.8 Å². The van der Waals surface area contributed by atoms with Crippen molar-refractivity contribution < 1.29 is 28.8 Å². The van der Waals surface area contributed by atoms with Gasteiger partial charge in [0.1, 0.15) is 16.7 Å². The van der Waals surface area contributed by atoms with Crippen molar-refractivity contribution in [3.63, 3.8) is 0 Å². The zero-order valence-electron chi connectivity index (χ0n) is 13.3. The van der Waals surface area contributed by atoms with E-state index < -0.39 is 28.7 Å². The van der Waals surface area contributed by atoms with Crippen LogP contribution in [0.3, 0.4) is 0 Å². The number of esters is 1. The molecule has 0 aliphatic heterocycles. The van der Waals surface area contributed by atoms with Gasteiger partial charge in [0.15, 0.2) is 5.76 Å². The number of aromatic hydroxyl groups is 1. The molecule has 0 spiro atoms. The van der Waals surface area contributed by atoms with Crippen LogP contribution in [0.25, 0.3) is 0 Å². The Morgan fingerprint density at radius 2 is 1.96 bits per heavy atom. The van der Waals surface area contributed by atoms with E-state index in [1.807, 2.05) is 0 Å². The summed E-state index contributed by atoms with van der Waals surface area (Å²) in [6.45, 7) is 1.76. The third kappa shape index (κ3) is 4.80. The van der Waals surface area contributed by atoms with Crippen LogP contribution in [0.5, 0.6) is 5.75 Å². The van der Waals surface area contributed by atoms with Crippen molar-refractivity contribution in [3.8, 4) is 5.75 Å². The van der Waals surface area contributed by atoms with E-state index in [-0.39, 0.29) is 24.5 Å². The highest BCUT2D eigenvalue weighted by Crippen LogP contribution is 2.16. The van der Waals surface area contributed by atoms with Gasteiger partial charge in [-0.2, -0.15) is 0 Å². The SMILES string of the molecule is CCOC(=O)[C@H](Cc1ccc(O)cc1)NC(=O)c1ccc([N+](=O)[O-])o1. The summed E-state index contributed by atoms with van der Waals surface area (Å²) in [7, 11) is 0. The summed E-state index contributed by atoms with van der Waals surface area (Å²) < 4.78 is 9.76. The fourth-order valence-electron chi connectivity index (χ4n) is 2.08. The lowest BCUT2D eigenvalue weighted by atomic mass is 10.1. The third-order valence-corrected chi connectivity index (χ3v) is 3.25. The molecule has 0 saturated heterocycles. The van der Waals surface area contributed by atoms with Gasteiger partial charge in [0.05, 0.1) is 12.7 Å². The molecule has 0 fully saturated rings. The standard InChI is InChI=1S/C16H16N2O7/c1-2-24-16(21)12(9-10-3-5-11(19)6-4-10)17-15(20)13-7-8-14(25-13)18(22)23/h3-8,12,19H,2,9H2,1H3,(H,17,20)/t12-/m0/s1. The minimum Gasteiger partial charge on any atom is -0.508 e. The number of nitrogens with one attached hydrogen (secondary N) is 1. The second kappa shape index (κ2) is 7.95. The van der Waals surface area contributed by atoms with Gasteiger partial charge in [-0.3, -0.25) is 14.9 Å². The van der Waals surface area contributed by atoms with E-state index in [0.717, 1.165) is 12.1 Å². The monoisotopic (exact) mass is 348 g/mol. The summed E-state index contributed by atoms with van der Waals surface area (Å²) in [5.74, 6) is -2.21. The van der Waals surface area contributed by atoms with E-state index in [2.05, 4.69) is 5.32 Å². The Labute approximate surface area is 142 Å². The lowest BCUT2D eigenvalue weighted by Crippen LogP contribution is -2.43. The highest BCUT2D eigenvalue weighted by molar-refractivity contribution is 5.94. The number of carbonyl (C=O) groups excluding carboxylic acids is 2. The topological polar surface area (TPSA) is 132 Å². The van der Waals surface area contributed by atoms with Gasteiger partial charge in [0.2, 0.25) is 0 Å². The second-order valence-electron chi connectivity index (χ2n) is 5.04. The molecule has 2 N–H and O–H groups in total. The number of carbonyl (C=O) groups is 2. The number of nitrogens with zero attached hydrogens (tertiary/aromatic N) is 1. The van der Waals surface area contributed by atoms with Crippen LogP contribution in [0, 0.1) is 10.1 Å². The molecule has 132 valence electrons. The minimum atomic E-state index is -1.01. The maximum atomic E-state index is 12.2. The van der Waals surface area contributed by atoms with Gasteiger partial charge in [-0.15, -0.1) is 0 Å². The van der Waals surface area contributed by atoms with Crippen molar-refractivity contribution in [3.05, 3.63) is 57.8 Å². The van der Waals surface area contributed by atoms with Crippen LogP contribution in [0.2, 0.25) is 0 Å². The number of amides is 1. The Bertz CT molecular complexity index is 767. The minimum absolute atomic E-state index is 0.0726. The van der Waals surface area contributed by atoms with Gasteiger partial charge in [-0.1, -0.05) is 12.1 Å². The number of furan rings is 1. The maximum absolute atomic E-state index is 12.2.